The molecule has 0 aliphatic heterocycles. The van der Waals surface area contributed by atoms with Crippen molar-refractivity contribution in [3.05, 3.63) is 82.0 Å². The molecule has 0 saturated carbocycles. The van der Waals surface area contributed by atoms with Crippen LogP contribution in [0.5, 0.6) is 0 Å². The zero-order chi connectivity index (χ0) is 25.5. The highest BCUT2D eigenvalue weighted by Gasteiger charge is 2.21. The predicted octanol–water partition coefficient (Wildman–Crippen LogP) is 6.20. The minimum absolute atomic E-state index is 0.209. The van der Waals surface area contributed by atoms with Crippen LogP contribution in [0.3, 0.4) is 0 Å². The highest BCUT2D eigenvalue weighted by molar-refractivity contribution is 6.35. The maximum Gasteiger partial charge on any atom is 0.159 e. The number of nitrogens with one attached hydrogen (secondary N) is 1. The van der Waals surface area contributed by atoms with Gasteiger partial charge in [-0.15, -0.1) is 0 Å². The van der Waals surface area contributed by atoms with Crippen LogP contribution in [0.4, 0.5) is 14.5 Å². The van der Waals surface area contributed by atoms with Crippen LogP contribution in [0.1, 0.15) is 49.5 Å². The summed E-state index contributed by atoms with van der Waals surface area (Å²) in [6, 6.07) is 8.46. The average molecular weight is 494 g/mol. The molecule has 0 aliphatic rings. The van der Waals surface area contributed by atoms with Crippen LogP contribution in [0.15, 0.2) is 42.7 Å². The predicted molar refractivity (Wildman–Crippen MR) is 131 cm³/mol. The highest BCUT2D eigenvalue weighted by atomic mass is 35.5. The summed E-state index contributed by atoms with van der Waals surface area (Å²) in [5, 5.41) is 23.3. The van der Waals surface area contributed by atoms with Crippen molar-refractivity contribution < 1.29 is 13.9 Å². The smallest absolute Gasteiger partial charge is 0.159 e. The standard InChI is InChI=1S/C26H22ClF2N5O/c1-13(17-7-15(10-30)5-6-20(17)28)34-24-19-8-18(16-11-31-25(32-12-16)26(3,4)35)21(29)9-22(19)33-14(2)23(24)27/h5-9,11-13,35H,1-4H3,(H,33,34). The largest absolute Gasteiger partial charge is 0.382 e. The molecule has 2 aromatic heterocycles. The minimum Gasteiger partial charge on any atom is -0.382 e. The maximum absolute atomic E-state index is 15.1. The number of anilines is 1. The first kappa shape index (κ1) is 24.5. The number of aryl methyl sites for hydroxylation is 1. The molecule has 0 amide bonds. The number of aromatic nitrogens is 3. The molecular formula is C26H22ClF2N5O. The molecule has 0 saturated heterocycles. The van der Waals surface area contributed by atoms with Crippen molar-refractivity contribution in [1.29, 1.82) is 5.26 Å². The van der Waals surface area contributed by atoms with Gasteiger partial charge in [-0.1, -0.05) is 11.6 Å². The molecule has 4 aromatic rings. The average Bonchev–Trinajstić information content (AvgIpc) is 2.81. The lowest BCUT2D eigenvalue weighted by atomic mass is 10.0. The van der Waals surface area contributed by atoms with Crippen LogP contribution in [-0.4, -0.2) is 20.1 Å². The molecule has 1 atom stereocenters. The monoisotopic (exact) mass is 493 g/mol. The van der Waals surface area contributed by atoms with Crippen LogP contribution in [-0.2, 0) is 5.60 Å². The second-order valence-corrected chi connectivity index (χ2v) is 9.18. The van der Waals surface area contributed by atoms with Crippen molar-refractivity contribution in [3.63, 3.8) is 0 Å². The SMILES string of the molecule is Cc1nc2cc(F)c(-c3cnc(C(C)(C)O)nc3)cc2c(NC(C)c2cc(C#N)ccc2F)c1Cl. The summed E-state index contributed by atoms with van der Waals surface area (Å²) in [5.74, 6) is -0.787. The Morgan fingerprint density at radius 1 is 1.11 bits per heavy atom. The van der Waals surface area contributed by atoms with E-state index >= 15 is 4.39 Å². The maximum atomic E-state index is 15.1. The zero-order valence-electron chi connectivity index (χ0n) is 19.5. The Labute approximate surface area is 206 Å². The van der Waals surface area contributed by atoms with Crippen molar-refractivity contribution in [2.75, 3.05) is 5.32 Å². The number of aliphatic hydroxyl groups is 1. The second kappa shape index (κ2) is 9.17. The van der Waals surface area contributed by atoms with Crippen molar-refractivity contribution in [2.45, 2.75) is 39.3 Å². The van der Waals surface area contributed by atoms with E-state index in [-0.39, 0.29) is 11.4 Å². The van der Waals surface area contributed by atoms with E-state index in [0.29, 0.717) is 44.0 Å². The van der Waals surface area contributed by atoms with Gasteiger partial charge in [-0.05, 0) is 52.0 Å². The Bertz CT molecular complexity index is 1480. The molecule has 0 bridgehead atoms. The topological polar surface area (TPSA) is 94.7 Å². The fourth-order valence-corrected chi connectivity index (χ4v) is 3.97. The molecule has 4 rings (SSSR count). The van der Waals surface area contributed by atoms with E-state index in [0.717, 1.165) is 0 Å². The van der Waals surface area contributed by atoms with E-state index in [2.05, 4.69) is 20.3 Å². The Kier molecular flexibility index (Phi) is 6.41. The van der Waals surface area contributed by atoms with Gasteiger partial charge < -0.3 is 10.4 Å². The molecule has 0 aliphatic carbocycles. The van der Waals surface area contributed by atoms with Gasteiger partial charge in [0.15, 0.2) is 5.82 Å². The lowest BCUT2D eigenvalue weighted by Gasteiger charge is -2.20. The van der Waals surface area contributed by atoms with E-state index in [1.54, 1.807) is 33.8 Å². The molecule has 6 nitrogen and oxygen atoms in total. The number of pyridine rings is 1. The number of hydrogen-bond acceptors (Lipinski definition) is 6. The normalized spacial score (nSPS) is 12.4. The number of nitrogens with zero attached hydrogens (tertiary/aromatic N) is 4. The highest BCUT2D eigenvalue weighted by Crippen LogP contribution is 2.38. The molecule has 178 valence electrons. The van der Waals surface area contributed by atoms with Gasteiger partial charge in [-0.3, -0.25) is 4.98 Å². The molecule has 0 fully saturated rings. The van der Waals surface area contributed by atoms with Gasteiger partial charge in [0.25, 0.3) is 0 Å². The fraction of sp³-hybridized carbons (Fsp3) is 0.231. The van der Waals surface area contributed by atoms with Crippen molar-refractivity contribution in [3.8, 4) is 17.2 Å². The van der Waals surface area contributed by atoms with Crippen LogP contribution in [0, 0.1) is 29.9 Å². The van der Waals surface area contributed by atoms with E-state index < -0.39 is 23.3 Å². The third kappa shape index (κ3) is 4.78. The number of benzene rings is 2. The first-order chi connectivity index (χ1) is 16.5. The van der Waals surface area contributed by atoms with Gasteiger partial charge in [0.2, 0.25) is 0 Å². The summed E-state index contributed by atoms with van der Waals surface area (Å²) in [6.07, 6.45) is 2.87. The van der Waals surface area contributed by atoms with Crippen molar-refractivity contribution in [1.82, 2.24) is 15.0 Å². The number of nitriles is 1. The zero-order valence-corrected chi connectivity index (χ0v) is 20.2. The third-order valence-electron chi connectivity index (χ3n) is 5.64. The lowest BCUT2D eigenvalue weighted by Crippen LogP contribution is -2.19. The Morgan fingerprint density at radius 3 is 2.43 bits per heavy atom. The summed E-state index contributed by atoms with van der Waals surface area (Å²) < 4.78 is 29.6. The fourth-order valence-electron chi connectivity index (χ4n) is 3.77. The first-order valence-corrected chi connectivity index (χ1v) is 11.2. The molecule has 2 aromatic carbocycles. The molecule has 2 heterocycles. The van der Waals surface area contributed by atoms with Crippen LogP contribution < -0.4 is 5.32 Å². The Morgan fingerprint density at radius 2 is 1.80 bits per heavy atom. The lowest BCUT2D eigenvalue weighted by molar-refractivity contribution is 0.0687. The van der Waals surface area contributed by atoms with Crippen LogP contribution in [0.25, 0.3) is 22.0 Å². The van der Waals surface area contributed by atoms with Gasteiger partial charge in [0, 0.05) is 40.5 Å². The summed E-state index contributed by atoms with van der Waals surface area (Å²) >= 11 is 6.59. The molecule has 9 heteroatoms. The van der Waals surface area contributed by atoms with Gasteiger partial charge in [-0.2, -0.15) is 5.26 Å². The summed E-state index contributed by atoms with van der Waals surface area (Å²) in [7, 11) is 0. The molecule has 0 radical (unpaired) electrons. The number of rotatable bonds is 5. The van der Waals surface area contributed by atoms with Gasteiger partial charge in [0.05, 0.1) is 39.6 Å². The second-order valence-electron chi connectivity index (χ2n) is 8.80. The molecule has 0 spiro atoms. The minimum atomic E-state index is -1.24. The Balaban J connectivity index is 1.83. The van der Waals surface area contributed by atoms with Gasteiger partial charge in [-0.25, -0.2) is 18.7 Å². The number of halogens is 3. The summed E-state index contributed by atoms with van der Waals surface area (Å²) in [4.78, 5) is 12.7. The number of fused-ring (bicyclic) bond motifs is 1. The van der Waals surface area contributed by atoms with Crippen molar-refractivity contribution in [2.24, 2.45) is 0 Å². The van der Waals surface area contributed by atoms with E-state index in [4.69, 9.17) is 11.6 Å². The summed E-state index contributed by atoms with van der Waals surface area (Å²) in [5.41, 5.74) is 1.31. The quantitative estimate of drug-likeness (QED) is 0.343. The van der Waals surface area contributed by atoms with Crippen LogP contribution in [0.2, 0.25) is 5.02 Å². The number of hydrogen-bond donors (Lipinski definition) is 2. The molecule has 35 heavy (non-hydrogen) atoms. The summed E-state index contributed by atoms with van der Waals surface area (Å²) in [6.45, 7) is 6.56. The van der Waals surface area contributed by atoms with E-state index in [1.807, 2.05) is 6.07 Å². The van der Waals surface area contributed by atoms with Gasteiger partial charge >= 0.3 is 0 Å². The molecule has 2 N–H and O–H groups in total. The van der Waals surface area contributed by atoms with Crippen molar-refractivity contribution >= 4 is 28.2 Å². The first-order valence-electron chi connectivity index (χ1n) is 10.8. The molecular weight excluding hydrogens is 472 g/mol. The van der Waals surface area contributed by atoms with Crippen LogP contribution >= 0.6 is 11.6 Å². The van der Waals surface area contributed by atoms with E-state index in [9.17, 15) is 14.8 Å². The van der Waals surface area contributed by atoms with E-state index in [1.165, 1.54) is 36.7 Å². The third-order valence-corrected chi connectivity index (χ3v) is 6.10. The molecule has 1 unspecified atom stereocenters. The van der Waals surface area contributed by atoms with Gasteiger partial charge in [0.1, 0.15) is 17.2 Å². The Hall–Kier alpha value is -3.67.